The third kappa shape index (κ3) is 4.43. The second kappa shape index (κ2) is 7.04. The standard InChI is InChI=1S/C18H22N2O/c1-14-3-5-15(6-4-14)11-18(21)20(2)13-17-9-7-16(12-19)8-10-17/h3-10H,11-13,19H2,1-2H3. The van der Waals surface area contributed by atoms with Crippen molar-refractivity contribution < 1.29 is 4.79 Å². The number of aryl methyl sites for hydroxylation is 1. The van der Waals surface area contributed by atoms with Crippen LogP contribution in [0.15, 0.2) is 48.5 Å². The SMILES string of the molecule is Cc1ccc(CC(=O)N(C)Cc2ccc(CN)cc2)cc1. The molecule has 0 aliphatic rings. The van der Waals surface area contributed by atoms with Crippen molar-refractivity contribution in [1.29, 1.82) is 0 Å². The quantitative estimate of drug-likeness (QED) is 0.916. The molecule has 0 aromatic heterocycles. The van der Waals surface area contributed by atoms with E-state index in [0.717, 1.165) is 16.7 Å². The zero-order chi connectivity index (χ0) is 15.2. The summed E-state index contributed by atoms with van der Waals surface area (Å²) in [5.41, 5.74) is 10.1. The lowest BCUT2D eigenvalue weighted by Gasteiger charge is -2.17. The van der Waals surface area contributed by atoms with E-state index in [4.69, 9.17) is 5.73 Å². The van der Waals surface area contributed by atoms with Gasteiger partial charge < -0.3 is 10.6 Å². The van der Waals surface area contributed by atoms with Crippen LogP contribution in [-0.2, 0) is 24.3 Å². The van der Waals surface area contributed by atoms with Crippen LogP contribution in [0.1, 0.15) is 22.3 Å². The van der Waals surface area contributed by atoms with Crippen molar-refractivity contribution in [2.75, 3.05) is 7.05 Å². The first-order valence-corrected chi connectivity index (χ1v) is 7.16. The maximum Gasteiger partial charge on any atom is 0.227 e. The predicted octanol–water partition coefficient (Wildman–Crippen LogP) is 2.65. The number of carbonyl (C=O) groups excluding carboxylic acids is 1. The van der Waals surface area contributed by atoms with Crippen LogP contribution in [0, 0.1) is 6.92 Å². The van der Waals surface area contributed by atoms with E-state index in [1.54, 1.807) is 4.90 Å². The van der Waals surface area contributed by atoms with Crippen molar-refractivity contribution >= 4 is 5.91 Å². The Morgan fingerprint density at radius 1 is 0.952 bits per heavy atom. The Labute approximate surface area is 126 Å². The van der Waals surface area contributed by atoms with Crippen molar-refractivity contribution in [1.82, 2.24) is 4.90 Å². The van der Waals surface area contributed by atoms with E-state index in [1.165, 1.54) is 5.56 Å². The molecule has 110 valence electrons. The van der Waals surface area contributed by atoms with Crippen molar-refractivity contribution in [3.63, 3.8) is 0 Å². The minimum Gasteiger partial charge on any atom is -0.341 e. The number of carbonyl (C=O) groups is 1. The van der Waals surface area contributed by atoms with Crippen molar-refractivity contribution in [2.45, 2.75) is 26.4 Å². The number of amides is 1. The highest BCUT2D eigenvalue weighted by molar-refractivity contribution is 5.78. The van der Waals surface area contributed by atoms with Gasteiger partial charge in [0.1, 0.15) is 0 Å². The minimum atomic E-state index is 0.127. The van der Waals surface area contributed by atoms with Crippen molar-refractivity contribution in [3.8, 4) is 0 Å². The molecule has 2 N–H and O–H groups in total. The summed E-state index contributed by atoms with van der Waals surface area (Å²) in [7, 11) is 1.84. The molecule has 0 heterocycles. The Balaban J connectivity index is 1.93. The van der Waals surface area contributed by atoms with E-state index in [-0.39, 0.29) is 5.91 Å². The van der Waals surface area contributed by atoms with Gasteiger partial charge >= 0.3 is 0 Å². The van der Waals surface area contributed by atoms with Crippen LogP contribution < -0.4 is 5.73 Å². The van der Waals surface area contributed by atoms with Crippen LogP contribution in [0.5, 0.6) is 0 Å². The van der Waals surface area contributed by atoms with Crippen LogP contribution in [0.2, 0.25) is 0 Å². The average molecular weight is 282 g/mol. The highest BCUT2D eigenvalue weighted by Gasteiger charge is 2.10. The molecule has 0 bridgehead atoms. The molecular weight excluding hydrogens is 260 g/mol. The van der Waals surface area contributed by atoms with Gasteiger partial charge in [-0.1, -0.05) is 54.1 Å². The highest BCUT2D eigenvalue weighted by atomic mass is 16.2. The lowest BCUT2D eigenvalue weighted by molar-refractivity contribution is -0.129. The molecule has 0 aliphatic carbocycles. The Hall–Kier alpha value is -2.13. The summed E-state index contributed by atoms with van der Waals surface area (Å²) in [6.45, 7) is 3.21. The van der Waals surface area contributed by atoms with Gasteiger partial charge in [0.05, 0.1) is 6.42 Å². The number of hydrogen-bond acceptors (Lipinski definition) is 2. The van der Waals surface area contributed by atoms with Crippen LogP contribution in [-0.4, -0.2) is 17.9 Å². The first-order valence-electron chi connectivity index (χ1n) is 7.16. The van der Waals surface area contributed by atoms with Crippen molar-refractivity contribution in [2.24, 2.45) is 5.73 Å². The van der Waals surface area contributed by atoms with Gasteiger partial charge in [-0.25, -0.2) is 0 Å². The smallest absolute Gasteiger partial charge is 0.227 e. The first-order chi connectivity index (χ1) is 10.1. The summed E-state index contributed by atoms with van der Waals surface area (Å²) in [6.07, 6.45) is 0.442. The van der Waals surface area contributed by atoms with Crippen LogP contribution >= 0.6 is 0 Å². The Morgan fingerprint density at radius 2 is 1.48 bits per heavy atom. The maximum atomic E-state index is 12.2. The molecule has 0 fully saturated rings. The fourth-order valence-corrected chi connectivity index (χ4v) is 2.16. The predicted molar refractivity (Wildman–Crippen MR) is 85.7 cm³/mol. The molecule has 0 unspecified atom stereocenters. The molecular formula is C18H22N2O. The third-order valence-corrected chi connectivity index (χ3v) is 3.58. The topological polar surface area (TPSA) is 46.3 Å². The summed E-state index contributed by atoms with van der Waals surface area (Å²) in [5.74, 6) is 0.127. The summed E-state index contributed by atoms with van der Waals surface area (Å²) < 4.78 is 0. The van der Waals surface area contributed by atoms with Crippen LogP contribution in [0.3, 0.4) is 0 Å². The molecule has 3 nitrogen and oxygen atoms in total. The molecule has 0 aliphatic heterocycles. The molecule has 0 radical (unpaired) electrons. The monoisotopic (exact) mass is 282 g/mol. The molecule has 3 heteroatoms. The highest BCUT2D eigenvalue weighted by Crippen LogP contribution is 2.09. The van der Waals surface area contributed by atoms with E-state index in [2.05, 4.69) is 0 Å². The van der Waals surface area contributed by atoms with Gasteiger partial charge in [-0.2, -0.15) is 0 Å². The Kier molecular flexibility index (Phi) is 5.12. The second-order valence-electron chi connectivity index (χ2n) is 5.43. The lowest BCUT2D eigenvalue weighted by Crippen LogP contribution is -2.27. The summed E-state index contributed by atoms with van der Waals surface area (Å²) >= 11 is 0. The number of benzene rings is 2. The minimum absolute atomic E-state index is 0.127. The molecule has 2 aromatic carbocycles. The lowest BCUT2D eigenvalue weighted by atomic mass is 10.1. The molecule has 2 rings (SSSR count). The van der Waals surface area contributed by atoms with Gasteiger partial charge in [0, 0.05) is 20.1 Å². The first kappa shape index (κ1) is 15.3. The fraction of sp³-hybridized carbons (Fsp3) is 0.278. The zero-order valence-electron chi connectivity index (χ0n) is 12.7. The van der Waals surface area contributed by atoms with E-state index < -0.39 is 0 Å². The van der Waals surface area contributed by atoms with E-state index in [9.17, 15) is 4.79 Å². The fourth-order valence-electron chi connectivity index (χ4n) is 2.16. The van der Waals surface area contributed by atoms with Gasteiger partial charge in [0.15, 0.2) is 0 Å². The second-order valence-corrected chi connectivity index (χ2v) is 5.43. The van der Waals surface area contributed by atoms with Crippen LogP contribution in [0.4, 0.5) is 0 Å². The normalized spacial score (nSPS) is 10.4. The van der Waals surface area contributed by atoms with E-state index in [0.29, 0.717) is 19.5 Å². The largest absolute Gasteiger partial charge is 0.341 e. The van der Waals surface area contributed by atoms with Gasteiger partial charge in [0.25, 0.3) is 0 Å². The summed E-state index contributed by atoms with van der Waals surface area (Å²) in [5, 5.41) is 0. The third-order valence-electron chi connectivity index (χ3n) is 3.58. The molecule has 0 saturated carbocycles. The maximum absolute atomic E-state index is 12.2. The average Bonchev–Trinajstić information content (AvgIpc) is 2.50. The number of rotatable bonds is 5. The van der Waals surface area contributed by atoms with Crippen molar-refractivity contribution in [3.05, 3.63) is 70.8 Å². The number of hydrogen-bond donors (Lipinski definition) is 1. The summed E-state index contributed by atoms with van der Waals surface area (Å²) in [4.78, 5) is 14.0. The molecule has 1 amide bonds. The number of likely N-dealkylation sites (N-methyl/N-ethyl adjacent to an activating group) is 1. The van der Waals surface area contributed by atoms with E-state index >= 15 is 0 Å². The van der Waals surface area contributed by atoms with Gasteiger partial charge in [0.2, 0.25) is 5.91 Å². The Bertz CT molecular complexity index is 588. The van der Waals surface area contributed by atoms with Crippen LogP contribution in [0.25, 0.3) is 0 Å². The number of nitrogens with zero attached hydrogens (tertiary/aromatic N) is 1. The zero-order valence-corrected chi connectivity index (χ0v) is 12.7. The molecule has 0 atom stereocenters. The van der Waals surface area contributed by atoms with Gasteiger partial charge in [-0.05, 0) is 23.6 Å². The van der Waals surface area contributed by atoms with Gasteiger partial charge in [-0.15, -0.1) is 0 Å². The number of nitrogens with two attached hydrogens (primary N) is 1. The molecule has 0 saturated heterocycles. The van der Waals surface area contributed by atoms with Gasteiger partial charge in [-0.3, -0.25) is 4.79 Å². The molecule has 2 aromatic rings. The summed E-state index contributed by atoms with van der Waals surface area (Å²) in [6, 6.07) is 16.2. The Morgan fingerprint density at radius 3 is 2.05 bits per heavy atom. The molecule has 21 heavy (non-hydrogen) atoms. The molecule has 0 spiro atoms. The van der Waals surface area contributed by atoms with E-state index in [1.807, 2.05) is 62.5 Å².